The lowest BCUT2D eigenvalue weighted by Crippen LogP contribution is -2.49. The highest BCUT2D eigenvalue weighted by Crippen LogP contribution is 2.18. The molecular formula is C12H21N3O2. The van der Waals surface area contributed by atoms with Gasteiger partial charge in [-0.3, -0.25) is 0 Å². The van der Waals surface area contributed by atoms with Gasteiger partial charge in [0, 0.05) is 39.0 Å². The van der Waals surface area contributed by atoms with Gasteiger partial charge >= 0.3 is 6.03 Å². The van der Waals surface area contributed by atoms with E-state index in [2.05, 4.69) is 12.1 Å². The molecule has 96 valence electrons. The lowest BCUT2D eigenvalue weighted by Gasteiger charge is -2.36. The number of nitrogens with zero attached hydrogens (tertiary/aromatic N) is 3. The Balaban J connectivity index is 1.88. The highest BCUT2D eigenvalue weighted by molar-refractivity contribution is 5.86. The molecule has 0 aromatic heterocycles. The van der Waals surface area contributed by atoms with Crippen molar-refractivity contribution in [3.05, 3.63) is 0 Å². The lowest BCUT2D eigenvalue weighted by atomic mass is 10.0. The Kier molecular flexibility index (Phi) is 3.86. The average Bonchev–Trinajstić information content (AvgIpc) is 2.38. The Hall–Kier alpha value is -1.26. The summed E-state index contributed by atoms with van der Waals surface area (Å²) in [5, 5.41) is 11.9. The third-order valence-electron chi connectivity index (χ3n) is 3.68. The molecule has 0 saturated carbocycles. The van der Waals surface area contributed by atoms with E-state index in [1.165, 1.54) is 6.42 Å². The zero-order valence-corrected chi connectivity index (χ0v) is 10.4. The predicted octanol–water partition coefficient (Wildman–Crippen LogP) is 1.76. The van der Waals surface area contributed by atoms with Crippen molar-refractivity contribution in [1.29, 1.82) is 0 Å². The maximum Gasteiger partial charge on any atom is 0.320 e. The van der Waals surface area contributed by atoms with Gasteiger partial charge < -0.3 is 15.0 Å². The van der Waals surface area contributed by atoms with Crippen molar-refractivity contribution < 1.29 is 10.0 Å². The molecule has 2 saturated heterocycles. The van der Waals surface area contributed by atoms with Gasteiger partial charge in [-0.05, 0) is 18.8 Å². The Bertz CT molecular complexity index is 307. The first-order valence-electron chi connectivity index (χ1n) is 6.44. The number of amides is 2. The molecule has 5 heteroatoms. The van der Waals surface area contributed by atoms with Crippen molar-refractivity contribution in [2.45, 2.75) is 32.6 Å². The van der Waals surface area contributed by atoms with Crippen LogP contribution in [0, 0.1) is 5.92 Å². The van der Waals surface area contributed by atoms with Crippen molar-refractivity contribution in [1.82, 2.24) is 9.80 Å². The molecule has 0 bridgehead atoms. The van der Waals surface area contributed by atoms with Crippen molar-refractivity contribution in [3.8, 4) is 0 Å². The third kappa shape index (κ3) is 2.90. The summed E-state index contributed by atoms with van der Waals surface area (Å²) in [5.74, 6) is 0.618. The SMILES string of the molecule is CC1CCCN(C(=O)N2CCC(=NO)CC2)C1. The van der Waals surface area contributed by atoms with Crippen LogP contribution in [0.1, 0.15) is 32.6 Å². The van der Waals surface area contributed by atoms with Gasteiger partial charge in [-0.2, -0.15) is 0 Å². The summed E-state index contributed by atoms with van der Waals surface area (Å²) >= 11 is 0. The van der Waals surface area contributed by atoms with Crippen molar-refractivity contribution in [3.63, 3.8) is 0 Å². The molecule has 2 amide bonds. The Morgan fingerprint density at radius 2 is 2.00 bits per heavy atom. The fourth-order valence-electron chi connectivity index (χ4n) is 2.62. The summed E-state index contributed by atoms with van der Waals surface area (Å²) in [4.78, 5) is 16.1. The van der Waals surface area contributed by atoms with E-state index < -0.39 is 0 Å². The smallest absolute Gasteiger partial charge is 0.320 e. The van der Waals surface area contributed by atoms with Crippen LogP contribution in [-0.2, 0) is 0 Å². The van der Waals surface area contributed by atoms with Crippen LogP contribution in [0.15, 0.2) is 5.16 Å². The number of carbonyl (C=O) groups is 1. The summed E-state index contributed by atoms with van der Waals surface area (Å²) in [7, 11) is 0. The molecular weight excluding hydrogens is 218 g/mol. The molecule has 0 spiro atoms. The first-order valence-corrected chi connectivity index (χ1v) is 6.44. The Labute approximate surface area is 102 Å². The largest absolute Gasteiger partial charge is 0.411 e. The summed E-state index contributed by atoms with van der Waals surface area (Å²) in [6, 6.07) is 0.161. The summed E-state index contributed by atoms with van der Waals surface area (Å²) in [6.07, 6.45) is 3.74. The number of oxime groups is 1. The number of likely N-dealkylation sites (tertiary alicyclic amines) is 2. The summed E-state index contributed by atoms with van der Waals surface area (Å²) in [5.41, 5.74) is 0.807. The maximum absolute atomic E-state index is 12.2. The van der Waals surface area contributed by atoms with Crippen molar-refractivity contribution in [2.24, 2.45) is 11.1 Å². The molecule has 0 radical (unpaired) electrons. The van der Waals surface area contributed by atoms with Gasteiger partial charge in [0.1, 0.15) is 0 Å². The van der Waals surface area contributed by atoms with E-state index in [9.17, 15) is 4.79 Å². The number of carbonyl (C=O) groups excluding carboxylic acids is 1. The highest BCUT2D eigenvalue weighted by Gasteiger charge is 2.27. The standard InChI is InChI=1S/C12H21N3O2/c1-10-3-2-6-15(9-10)12(16)14-7-4-11(13-17)5-8-14/h10,17H,2-9H2,1H3. The number of hydrogen-bond acceptors (Lipinski definition) is 3. The third-order valence-corrected chi connectivity index (χ3v) is 3.68. The minimum Gasteiger partial charge on any atom is -0.411 e. The zero-order chi connectivity index (χ0) is 12.3. The van der Waals surface area contributed by atoms with E-state index >= 15 is 0 Å². The van der Waals surface area contributed by atoms with Crippen LogP contribution in [0.2, 0.25) is 0 Å². The predicted molar refractivity (Wildman–Crippen MR) is 65.4 cm³/mol. The quantitative estimate of drug-likeness (QED) is 0.517. The molecule has 0 aliphatic carbocycles. The van der Waals surface area contributed by atoms with Gasteiger partial charge in [0.25, 0.3) is 0 Å². The first kappa shape index (κ1) is 12.2. The van der Waals surface area contributed by atoms with Gasteiger partial charge in [0.15, 0.2) is 0 Å². The van der Waals surface area contributed by atoms with Crippen LogP contribution >= 0.6 is 0 Å². The van der Waals surface area contributed by atoms with E-state index in [0.29, 0.717) is 31.8 Å². The number of urea groups is 1. The molecule has 1 unspecified atom stereocenters. The number of hydrogen-bond donors (Lipinski definition) is 1. The normalized spacial score (nSPS) is 25.9. The number of piperidine rings is 2. The van der Waals surface area contributed by atoms with E-state index in [0.717, 1.165) is 25.2 Å². The van der Waals surface area contributed by atoms with Crippen LogP contribution < -0.4 is 0 Å². The van der Waals surface area contributed by atoms with Gasteiger partial charge in [0.2, 0.25) is 0 Å². The lowest BCUT2D eigenvalue weighted by molar-refractivity contribution is 0.130. The van der Waals surface area contributed by atoms with E-state index in [4.69, 9.17) is 5.21 Å². The molecule has 2 aliphatic heterocycles. The van der Waals surface area contributed by atoms with Gasteiger partial charge in [0.05, 0.1) is 5.71 Å². The molecule has 0 aromatic rings. The molecule has 1 N–H and O–H groups in total. The zero-order valence-electron chi connectivity index (χ0n) is 10.4. The Morgan fingerprint density at radius 3 is 2.59 bits per heavy atom. The van der Waals surface area contributed by atoms with E-state index in [1.807, 2.05) is 9.80 Å². The van der Waals surface area contributed by atoms with Crippen LogP contribution in [-0.4, -0.2) is 52.9 Å². The molecule has 2 aliphatic rings. The first-order chi connectivity index (χ1) is 8.20. The fourth-order valence-corrected chi connectivity index (χ4v) is 2.62. The minimum atomic E-state index is 0.161. The topological polar surface area (TPSA) is 56.1 Å². The van der Waals surface area contributed by atoms with Crippen LogP contribution in [0.3, 0.4) is 0 Å². The minimum absolute atomic E-state index is 0.161. The van der Waals surface area contributed by atoms with Crippen molar-refractivity contribution in [2.75, 3.05) is 26.2 Å². The van der Waals surface area contributed by atoms with Crippen LogP contribution in [0.5, 0.6) is 0 Å². The Morgan fingerprint density at radius 1 is 1.29 bits per heavy atom. The summed E-state index contributed by atoms with van der Waals surface area (Å²) in [6.45, 7) is 5.34. The van der Waals surface area contributed by atoms with E-state index in [1.54, 1.807) is 0 Å². The second-order valence-electron chi connectivity index (χ2n) is 5.13. The second kappa shape index (κ2) is 5.38. The summed E-state index contributed by atoms with van der Waals surface area (Å²) < 4.78 is 0. The van der Waals surface area contributed by atoms with E-state index in [-0.39, 0.29) is 6.03 Å². The van der Waals surface area contributed by atoms with Crippen LogP contribution in [0.25, 0.3) is 0 Å². The highest BCUT2D eigenvalue weighted by atomic mass is 16.4. The molecule has 2 heterocycles. The average molecular weight is 239 g/mol. The molecule has 2 rings (SSSR count). The van der Waals surface area contributed by atoms with Gasteiger partial charge in [-0.15, -0.1) is 0 Å². The molecule has 0 aromatic carbocycles. The molecule has 5 nitrogen and oxygen atoms in total. The maximum atomic E-state index is 12.2. The fraction of sp³-hybridized carbons (Fsp3) is 0.833. The molecule has 17 heavy (non-hydrogen) atoms. The molecule has 1 atom stereocenters. The van der Waals surface area contributed by atoms with Gasteiger partial charge in [-0.25, -0.2) is 4.79 Å². The molecule has 2 fully saturated rings. The second-order valence-corrected chi connectivity index (χ2v) is 5.13. The van der Waals surface area contributed by atoms with Crippen LogP contribution in [0.4, 0.5) is 4.79 Å². The van der Waals surface area contributed by atoms with Gasteiger partial charge in [-0.1, -0.05) is 12.1 Å². The monoisotopic (exact) mass is 239 g/mol. The number of rotatable bonds is 0. The van der Waals surface area contributed by atoms with Crippen molar-refractivity contribution >= 4 is 11.7 Å².